The van der Waals surface area contributed by atoms with Crippen molar-refractivity contribution in [1.29, 1.82) is 0 Å². The van der Waals surface area contributed by atoms with Gasteiger partial charge in [0, 0.05) is 20.4 Å². The normalized spacial score (nSPS) is 20.3. The Kier molecular flexibility index (Phi) is 15.9. The van der Waals surface area contributed by atoms with E-state index in [1.807, 2.05) is 32.6 Å². The Morgan fingerprint density at radius 2 is 1.36 bits per heavy atom. The summed E-state index contributed by atoms with van der Waals surface area (Å²) in [4.78, 5) is 42.2. The number of carbonyl (C=O) groups is 3. The molecule has 45 heavy (non-hydrogen) atoms. The van der Waals surface area contributed by atoms with Crippen LogP contribution in [0.3, 0.4) is 0 Å². The standard InChI is InChI=1S/C27H46N4O9S.2C2H6.H2/c1-17-15-30(16-18(21(17)40-41(11,35)36)29-22(32)37-25(2,3)4)19-12-13-28-14-20(19)31(23(33)38-26(5,6)7)24(34)39-27(8,9)10;2*1-2;/h12-13,17-18,21,28H,14-16H2,1-11H3,(H,29,32);2*1-2H3;1H/t17-,18+,21+;;;/m0.../s1. The molecule has 1 fully saturated rings. The Labute approximate surface area is 272 Å². The molecule has 2 aliphatic heterocycles. The summed E-state index contributed by atoms with van der Waals surface area (Å²) < 4.78 is 46.1. The molecule has 0 aromatic heterocycles. The molecule has 2 N–H and O–H groups in total. The fourth-order valence-electron chi connectivity index (χ4n) is 4.28. The molecule has 264 valence electrons. The minimum atomic E-state index is -3.86. The van der Waals surface area contributed by atoms with Crippen LogP contribution in [0.1, 0.15) is 98.4 Å². The van der Waals surface area contributed by atoms with Gasteiger partial charge < -0.3 is 29.7 Å². The first kappa shape index (κ1) is 42.0. The summed E-state index contributed by atoms with van der Waals surface area (Å²) in [6.07, 6.45) is 0.851. The second kappa shape index (κ2) is 17.1. The summed E-state index contributed by atoms with van der Waals surface area (Å²) in [6.45, 7) is 25.5. The van der Waals surface area contributed by atoms with Crippen LogP contribution in [0.5, 0.6) is 0 Å². The van der Waals surface area contributed by atoms with Crippen LogP contribution in [-0.2, 0) is 28.5 Å². The van der Waals surface area contributed by atoms with Crippen LogP contribution in [0.15, 0.2) is 23.7 Å². The fourth-order valence-corrected chi connectivity index (χ4v) is 5.01. The highest BCUT2D eigenvalue weighted by atomic mass is 32.2. The first-order valence-electron chi connectivity index (χ1n) is 15.5. The predicted octanol–water partition coefficient (Wildman–Crippen LogP) is 5.98. The summed E-state index contributed by atoms with van der Waals surface area (Å²) >= 11 is 0. The van der Waals surface area contributed by atoms with Gasteiger partial charge in [-0.2, -0.15) is 13.3 Å². The number of hydrogen-bond acceptors (Lipinski definition) is 11. The van der Waals surface area contributed by atoms with Crippen LogP contribution in [0.2, 0.25) is 0 Å². The second-order valence-corrected chi connectivity index (χ2v) is 14.8. The lowest BCUT2D eigenvalue weighted by Crippen LogP contribution is -2.60. The van der Waals surface area contributed by atoms with Crippen molar-refractivity contribution >= 4 is 28.4 Å². The number of nitrogens with zero attached hydrogens (tertiary/aromatic N) is 2. The molecule has 0 saturated carbocycles. The van der Waals surface area contributed by atoms with Crippen LogP contribution in [-0.4, -0.2) is 91.3 Å². The van der Waals surface area contributed by atoms with Crippen LogP contribution >= 0.6 is 0 Å². The quantitative estimate of drug-likeness (QED) is 0.264. The minimum Gasteiger partial charge on any atom is -0.444 e. The predicted molar refractivity (Wildman–Crippen MR) is 177 cm³/mol. The van der Waals surface area contributed by atoms with Gasteiger partial charge in [0.25, 0.3) is 10.1 Å². The lowest BCUT2D eigenvalue weighted by molar-refractivity contribution is 0.00579. The highest BCUT2D eigenvalue weighted by Crippen LogP contribution is 2.30. The maximum atomic E-state index is 13.4. The topological polar surface area (TPSA) is 153 Å². The van der Waals surface area contributed by atoms with Gasteiger partial charge in [0.1, 0.15) is 22.9 Å². The van der Waals surface area contributed by atoms with E-state index in [4.69, 9.17) is 18.4 Å². The third-order valence-corrected chi connectivity index (χ3v) is 6.13. The van der Waals surface area contributed by atoms with Gasteiger partial charge in [-0.05, 0) is 74.6 Å². The maximum absolute atomic E-state index is 13.4. The van der Waals surface area contributed by atoms with E-state index in [-0.39, 0.29) is 26.8 Å². The third-order valence-electron chi connectivity index (χ3n) is 5.56. The van der Waals surface area contributed by atoms with E-state index in [9.17, 15) is 22.8 Å². The number of carbonyl (C=O) groups excluding carboxylic acids is 3. The molecule has 1 saturated heterocycles. The highest BCUT2D eigenvalue weighted by molar-refractivity contribution is 7.86. The van der Waals surface area contributed by atoms with Crippen LogP contribution in [0, 0.1) is 5.92 Å². The molecule has 0 spiro atoms. The van der Waals surface area contributed by atoms with Crippen LogP contribution in [0.25, 0.3) is 0 Å². The molecule has 0 radical (unpaired) electrons. The average Bonchev–Trinajstić information content (AvgIpc) is 2.85. The first-order chi connectivity index (χ1) is 20.5. The fraction of sp³-hybridized carbons (Fsp3) is 0.774. The van der Waals surface area contributed by atoms with E-state index in [1.54, 1.807) is 81.5 Å². The van der Waals surface area contributed by atoms with Gasteiger partial charge in [-0.1, -0.05) is 34.6 Å². The molecule has 0 bridgehead atoms. The summed E-state index contributed by atoms with van der Waals surface area (Å²) in [7, 11) is -3.86. The number of alkyl carbamates (subject to hydrolysis) is 1. The number of amides is 3. The molecular weight excluding hydrogens is 604 g/mol. The molecule has 2 heterocycles. The number of dihydropyridines is 1. The van der Waals surface area contributed by atoms with Gasteiger partial charge >= 0.3 is 18.3 Å². The first-order valence-corrected chi connectivity index (χ1v) is 17.3. The number of allylic oxidation sites excluding steroid dienone is 1. The average molecular weight is 665 g/mol. The Morgan fingerprint density at radius 3 is 1.78 bits per heavy atom. The maximum Gasteiger partial charge on any atom is 0.424 e. The van der Waals surface area contributed by atoms with E-state index in [0.29, 0.717) is 5.70 Å². The lowest BCUT2D eigenvalue weighted by atomic mass is 9.91. The van der Waals surface area contributed by atoms with Crippen molar-refractivity contribution in [1.82, 2.24) is 20.4 Å². The molecule has 14 heteroatoms. The van der Waals surface area contributed by atoms with Crippen molar-refractivity contribution in [2.75, 3.05) is 25.9 Å². The molecule has 3 amide bonds. The third kappa shape index (κ3) is 15.2. The lowest BCUT2D eigenvalue weighted by Gasteiger charge is -2.44. The molecule has 2 aliphatic rings. The highest BCUT2D eigenvalue weighted by Gasteiger charge is 2.42. The Balaban J connectivity index is 0. The molecule has 13 nitrogen and oxygen atoms in total. The molecule has 0 aliphatic carbocycles. The molecule has 3 atom stereocenters. The van der Waals surface area contributed by atoms with E-state index in [0.717, 1.165) is 11.2 Å². The van der Waals surface area contributed by atoms with Crippen LogP contribution < -0.4 is 10.6 Å². The number of piperidine rings is 1. The van der Waals surface area contributed by atoms with Gasteiger partial charge in [0.2, 0.25) is 0 Å². The van der Waals surface area contributed by atoms with Crippen molar-refractivity contribution in [2.45, 2.75) is 126 Å². The minimum absolute atomic E-state index is 0. The number of ether oxygens (including phenoxy) is 3. The van der Waals surface area contributed by atoms with Crippen molar-refractivity contribution in [3.63, 3.8) is 0 Å². The Hall–Kier alpha value is -3.00. The number of nitrogens with one attached hydrogen (secondary N) is 2. The number of likely N-dealkylation sites (tertiary alicyclic amines) is 1. The second-order valence-electron chi connectivity index (χ2n) is 13.2. The molecule has 0 unspecified atom stereocenters. The van der Waals surface area contributed by atoms with Gasteiger partial charge in [-0.3, -0.25) is 4.18 Å². The van der Waals surface area contributed by atoms with E-state index < -0.39 is 63.3 Å². The summed E-state index contributed by atoms with van der Waals surface area (Å²) in [5, 5.41) is 5.77. The molecular formula is C31H60N4O9S. The molecule has 0 aromatic rings. The smallest absolute Gasteiger partial charge is 0.424 e. The number of imide groups is 1. The number of rotatable bonds is 5. The molecule has 2 rings (SSSR count). The Morgan fingerprint density at radius 1 is 0.889 bits per heavy atom. The van der Waals surface area contributed by atoms with Crippen molar-refractivity contribution in [3.8, 4) is 0 Å². The zero-order chi connectivity index (χ0) is 35.6. The van der Waals surface area contributed by atoms with Gasteiger partial charge in [0.15, 0.2) is 0 Å². The van der Waals surface area contributed by atoms with Crippen molar-refractivity contribution < 1.29 is 42.6 Å². The van der Waals surface area contributed by atoms with Crippen molar-refractivity contribution in [3.05, 3.63) is 23.7 Å². The summed E-state index contributed by atoms with van der Waals surface area (Å²) in [5.74, 6) is -0.410. The van der Waals surface area contributed by atoms with Crippen LogP contribution in [0.4, 0.5) is 14.4 Å². The summed E-state index contributed by atoms with van der Waals surface area (Å²) in [5.41, 5.74) is -1.82. The van der Waals surface area contributed by atoms with E-state index in [2.05, 4.69) is 10.6 Å². The van der Waals surface area contributed by atoms with Gasteiger partial charge in [-0.15, -0.1) is 0 Å². The van der Waals surface area contributed by atoms with Gasteiger partial charge in [0.05, 0.1) is 30.2 Å². The van der Waals surface area contributed by atoms with Crippen molar-refractivity contribution in [2.24, 2.45) is 5.92 Å². The molecule has 0 aromatic carbocycles. The summed E-state index contributed by atoms with van der Waals surface area (Å²) in [6, 6.07) is -0.822. The SMILES string of the molecule is CC.CC.C[C@H]1CN(C2=C(N(C(=O)OC(C)(C)C)C(=O)OC(C)(C)C)CNC=C2)C[C@@H](NC(=O)OC(C)(C)C)[C@@H]1OS(C)(=O)=O.[HH]. The zero-order valence-corrected chi connectivity index (χ0v) is 30.8. The monoisotopic (exact) mass is 664 g/mol. The Bertz CT molecular complexity index is 1140. The largest absolute Gasteiger partial charge is 0.444 e. The van der Waals surface area contributed by atoms with E-state index in [1.165, 1.54) is 0 Å². The van der Waals surface area contributed by atoms with E-state index >= 15 is 0 Å². The zero-order valence-electron chi connectivity index (χ0n) is 30.0. The number of hydrogen-bond donors (Lipinski definition) is 2. The van der Waals surface area contributed by atoms with Gasteiger partial charge in [-0.25, -0.2) is 14.4 Å².